The summed E-state index contributed by atoms with van der Waals surface area (Å²) >= 11 is 0. The number of aromatic nitrogens is 2. The molecule has 6 nitrogen and oxygen atoms in total. The van der Waals surface area contributed by atoms with Gasteiger partial charge in [-0.15, -0.1) is 0 Å². The topological polar surface area (TPSA) is 92.1 Å². The average molecular weight is 258 g/mol. The fourth-order valence-corrected chi connectivity index (χ4v) is 4.27. The fourth-order valence-electron chi connectivity index (χ4n) is 2.31. The number of rotatable bonds is 3. The van der Waals surface area contributed by atoms with Gasteiger partial charge in [0.2, 0.25) is 0 Å². The summed E-state index contributed by atoms with van der Waals surface area (Å²) in [5.41, 5.74) is 5.71. The van der Waals surface area contributed by atoms with Crippen LogP contribution in [-0.2, 0) is 16.6 Å². The van der Waals surface area contributed by atoms with E-state index >= 15 is 0 Å². The van der Waals surface area contributed by atoms with E-state index in [0.717, 1.165) is 12.8 Å². The van der Waals surface area contributed by atoms with Gasteiger partial charge in [0.15, 0.2) is 5.03 Å². The molecule has 1 saturated heterocycles. The average Bonchev–Trinajstić information content (AvgIpc) is 2.83. The molecule has 0 saturated carbocycles. The highest BCUT2D eigenvalue weighted by molar-refractivity contribution is 7.89. The smallest absolute Gasteiger partial charge is 0.260 e. The standard InChI is InChI=1S/C10H18N4O2S/c1-10(2)4-3-5-14(10)17(15,16)9-8(6-11)7-12-13-9/h7H,3-6,11H2,1-2H3,(H,12,13). The largest absolute Gasteiger partial charge is 0.326 e. The first-order valence-corrected chi connectivity index (χ1v) is 7.09. The third kappa shape index (κ3) is 1.98. The zero-order chi connectivity index (χ0) is 12.7. The summed E-state index contributed by atoms with van der Waals surface area (Å²) in [5.74, 6) is 0. The molecule has 3 N–H and O–H groups in total. The van der Waals surface area contributed by atoms with Gasteiger partial charge in [-0.05, 0) is 26.7 Å². The van der Waals surface area contributed by atoms with Crippen LogP contribution in [0.3, 0.4) is 0 Å². The Balaban J connectivity index is 2.44. The number of nitrogens with zero attached hydrogens (tertiary/aromatic N) is 2. The molecule has 1 aromatic rings. The van der Waals surface area contributed by atoms with Crippen molar-refractivity contribution in [3.05, 3.63) is 11.8 Å². The number of hydrogen-bond acceptors (Lipinski definition) is 4. The van der Waals surface area contributed by atoms with Gasteiger partial charge in [-0.1, -0.05) is 0 Å². The second-order valence-corrected chi connectivity index (χ2v) is 6.72. The van der Waals surface area contributed by atoms with E-state index < -0.39 is 10.0 Å². The molecule has 2 heterocycles. The van der Waals surface area contributed by atoms with Crippen LogP contribution < -0.4 is 5.73 Å². The van der Waals surface area contributed by atoms with Crippen LogP contribution in [0.25, 0.3) is 0 Å². The molecule has 2 rings (SSSR count). The summed E-state index contributed by atoms with van der Waals surface area (Å²) < 4.78 is 26.5. The lowest BCUT2D eigenvalue weighted by atomic mass is 10.0. The second kappa shape index (κ2) is 4.08. The molecule has 1 aliphatic rings. The molecular formula is C10H18N4O2S. The number of H-pyrrole nitrogens is 1. The van der Waals surface area contributed by atoms with E-state index in [-0.39, 0.29) is 17.1 Å². The molecular weight excluding hydrogens is 240 g/mol. The Kier molecular flexibility index (Phi) is 3.01. The van der Waals surface area contributed by atoms with Crippen LogP contribution in [-0.4, -0.2) is 35.0 Å². The summed E-state index contributed by atoms with van der Waals surface area (Å²) in [4.78, 5) is 0. The lowest BCUT2D eigenvalue weighted by Gasteiger charge is -2.30. The molecule has 0 spiro atoms. The third-order valence-electron chi connectivity index (χ3n) is 3.27. The van der Waals surface area contributed by atoms with Crippen molar-refractivity contribution in [3.63, 3.8) is 0 Å². The van der Waals surface area contributed by atoms with Crippen molar-refractivity contribution in [3.8, 4) is 0 Å². The zero-order valence-electron chi connectivity index (χ0n) is 10.1. The van der Waals surface area contributed by atoms with E-state index in [4.69, 9.17) is 5.73 Å². The predicted molar refractivity (Wildman–Crippen MR) is 63.7 cm³/mol. The first-order valence-electron chi connectivity index (χ1n) is 5.65. The molecule has 96 valence electrons. The summed E-state index contributed by atoms with van der Waals surface area (Å²) in [7, 11) is -3.51. The molecule has 1 fully saturated rings. The summed E-state index contributed by atoms with van der Waals surface area (Å²) in [6, 6.07) is 0. The van der Waals surface area contributed by atoms with Crippen LogP contribution in [0.4, 0.5) is 0 Å². The minimum absolute atomic E-state index is 0.134. The number of sulfonamides is 1. The van der Waals surface area contributed by atoms with Crippen molar-refractivity contribution >= 4 is 10.0 Å². The van der Waals surface area contributed by atoms with Gasteiger partial charge in [-0.3, -0.25) is 5.10 Å². The van der Waals surface area contributed by atoms with Crippen LogP contribution in [0.15, 0.2) is 11.2 Å². The lowest BCUT2D eigenvalue weighted by Crippen LogP contribution is -2.43. The first-order chi connectivity index (χ1) is 7.89. The molecule has 0 aliphatic carbocycles. The Morgan fingerprint density at radius 1 is 1.59 bits per heavy atom. The van der Waals surface area contributed by atoms with Crippen molar-refractivity contribution in [2.45, 2.75) is 43.8 Å². The van der Waals surface area contributed by atoms with Crippen molar-refractivity contribution in [2.24, 2.45) is 5.73 Å². The van der Waals surface area contributed by atoms with Gasteiger partial charge in [0.05, 0.1) is 6.20 Å². The van der Waals surface area contributed by atoms with Gasteiger partial charge in [0, 0.05) is 24.2 Å². The summed E-state index contributed by atoms with van der Waals surface area (Å²) in [5, 5.41) is 6.45. The van der Waals surface area contributed by atoms with Gasteiger partial charge in [-0.2, -0.15) is 9.40 Å². The van der Waals surface area contributed by atoms with Crippen molar-refractivity contribution in [1.82, 2.24) is 14.5 Å². The molecule has 0 radical (unpaired) electrons. The van der Waals surface area contributed by atoms with E-state index in [9.17, 15) is 8.42 Å². The molecule has 0 atom stereocenters. The highest BCUT2D eigenvalue weighted by atomic mass is 32.2. The maximum absolute atomic E-state index is 12.5. The lowest BCUT2D eigenvalue weighted by molar-refractivity contribution is 0.290. The van der Waals surface area contributed by atoms with Gasteiger partial charge < -0.3 is 5.73 Å². The third-order valence-corrected chi connectivity index (χ3v) is 5.40. The maximum Gasteiger partial charge on any atom is 0.260 e. The predicted octanol–water partition coefficient (Wildman–Crippen LogP) is 0.432. The number of nitrogens with two attached hydrogens (primary N) is 1. The van der Waals surface area contributed by atoms with E-state index in [2.05, 4.69) is 10.2 Å². The monoisotopic (exact) mass is 258 g/mol. The van der Waals surface area contributed by atoms with E-state index in [0.29, 0.717) is 12.1 Å². The van der Waals surface area contributed by atoms with E-state index in [1.165, 1.54) is 10.5 Å². The molecule has 1 aromatic heterocycles. The normalized spacial score (nSPS) is 20.9. The minimum atomic E-state index is -3.51. The molecule has 0 bridgehead atoms. The minimum Gasteiger partial charge on any atom is -0.326 e. The summed E-state index contributed by atoms with van der Waals surface area (Å²) in [6.07, 6.45) is 3.23. The Labute approximate surface area is 101 Å². The highest BCUT2D eigenvalue weighted by Gasteiger charge is 2.42. The Bertz CT molecular complexity index is 506. The Morgan fingerprint density at radius 2 is 2.29 bits per heavy atom. The van der Waals surface area contributed by atoms with Gasteiger partial charge in [-0.25, -0.2) is 8.42 Å². The highest BCUT2D eigenvalue weighted by Crippen LogP contribution is 2.33. The Morgan fingerprint density at radius 3 is 2.82 bits per heavy atom. The van der Waals surface area contributed by atoms with Crippen LogP contribution in [0.2, 0.25) is 0 Å². The number of nitrogens with one attached hydrogen (secondary N) is 1. The molecule has 7 heteroatoms. The van der Waals surface area contributed by atoms with E-state index in [1.54, 1.807) is 0 Å². The van der Waals surface area contributed by atoms with Crippen LogP contribution in [0, 0.1) is 0 Å². The van der Waals surface area contributed by atoms with Crippen LogP contribution >= 0.6 is 0 Å². The van der Waals surface area contributed by atoms with Gasteiger partial charge >= 0.3 is 0 Å². The van der Waals surface area contributed by atoms with Crippen molar-refractivity contribution in [2.75, 3.05) is 6.54 Å². The number of aromatic amines is 1. The van der Waals surface area contributed by atoms with Crippen molar-refractivity contribution < 1.29 is 8.42 Å². The molecule has 0 unspecified atom stereocenters. The fraction of sp³-hybridized carbons (Fsp3) is 0.700. The molecule has 17 heavy (non-hydrogen) atoms. The Hall–Kier alpha value is -0.920. The van der Waals surface area contributed by atoms with Crippen LogP contribution in [0.1, 0.15) is 32.3 Å². The van der Waals surface area contributed by atoms with E-state index in [1.807, 2.05) is 13.8 Å². The first kappa shape index (κ1) is 12.5. The zero-order valence-corrected chi connectivity index (χ0v) is 10.9. The molecule has 0 aromatic carbocycles. The quantitative estimate of drug-likeness (QED) is 0.822. The van der Waals surface area contributed by atoms with Crippen LogP contribution in [0.5, 0.6) is 0 Å². The summed E-state index contributed by atoms with van der Waals surface area (Å²) in [6.45, 7) is 4.60. The SMILES string of the molecule is CC1(C)CCCN1S(=O)(=O)c1[nH]ncc1CN. The van der Waals surface area contributed by atoms with Gasteiger partial charge in [0.1, 0.15) is 0 Å². The van der Waals surface area contributed by atoms with Crippen molar-refractivity contribution in [1.29, 1.82) is 0 Å². The number of hydrogen-bond donors (Lipinski definition) is 2. The molecule has 0 amide bonds. The second-order valence-electron chi connectivity index (χ2n) is 4.92. The molecule has 1 aliphatic heterocycles. The maximum atomic E-state index is 12.5. The van der Waals surface area contributed by atoms with Gasteiger partial charge in [0.25, 0.3) is 10.0 Å².